The Labute approximate surface area is 161 Å². The Hall–Kier alpha value is -0.840. The number of sulfone groups is 1. The van der Waals surface area contributed by atoms with Crippen LogP contribution in [0.2, 0.25) is 0 Å². The minimum atomic E-state index is -3.03. The van der Waals surface area contributed by atoms with E-state index in [1.165, 1.54) is 5.56 Å². The number of rotatable bonds is 4. The van der Waals surface area contributed by atoms with Gasteiger partial charge in [0.05, 0.1) is 16.7 Å². The molecular weight excluding hydrogens is 441 g/mol. The molecule has 138 valence electrons. The van der Waals surface area contributed by atoms with Crippen LogP contribution in [0.1, 0.15) is 25.8 Å². The molecule has 0 saturated carbocycles. The maximum atomic E-state index is 12.1. The molecule has 0 unspecified atom stereocenters. The Kier molecular flexibility index (Phi) is 7.51. The number of nitrogens with zero attached hydrogens (tertiary/aromatic N) is 4. The normalized spacial score (nSPS) is 19.7. The van der Waals surface area contributed by atoms with Gasteiger partial charge in [0.15, 0.2) is 15.8 Å². The van der Waals surface area contributed by atoms with Crippen LogP contribution in [0.5, 0.6) is 0 Å². The number of halogens is 1. The zero-order valence-corrected chi connectivity index (χ0v) is 18.0. The lowest BCUT2D eigenvalue weighted by Gasteiger charge is -2.39. The molecule has 0 atom stereocenters. The van der Waals surface area contributed by atoms with E-state index >= 15 is 0 Å². The Morgan fingerprint density at radius 2 is 2.17 bits per heavy atom. The molecule has 0 aromatic carbocycles. The predicted octanol–water partition coefficient (Wildman–Crippen LogP) is 1.06. The molecule has 0 aliphatic carbocycles. The van der Waals surface area contributed by atoms with Gasteiger partial charge in [-0.2, -0.15) is 5.10 Å². The molecule has 7 nitrogen and oxygen atoms in total. The summed E-state index contributed by atoms with van der Waals surface area (Å²) in [5.74, 6) is 0.954. The number of hydrogen-bond acceptors (Lipinski definition) is 4. The summed E-state index contributed by atoms with van der Waals surface area (Å²) in [5.41, 5.74) is 1.22. The van der Waals surface area contributed by atoms with Crippen molar-refractivity contribution in [2.45, 2.75) is 31.4 Å². The molecule has 24 heavy (non-hydrogen) atoms. The summed E-state index contributed by atoms with van der Waals surface area (Å²) in [7, 11) is 0.620. The molecule has 1 N–H and O–H groups in total. The third kappa shape index (κ3) is 5.08. The lowest BCUT2D eigenvalue weighted by Crippen LogP contribution is -2.57. The molecule has 0 bridgehead atoms. The molecule has 2 heterocycles. The molecule has 2 rings (SSSR count). The summed E-state index contributed by atoms with van der Waals surface area (Å²) in [6.45, 7) is 5.32. The van der Waals surface area contributed by atoms with E-state index in [1.54, 1.807) is 25.6 Å². The maximum Gasteiger partial charge on any atom is 0.193 e. The highest BCUT2D eigenvalue weighted by Crippen LogP contribution is 2.23. The second kappa shape index (κ2) is 8.50. The van der Waals surface area contributed by atoms with E-state index in [2.05, 4.69) is 15.4 Å². The zero-order chi connectivity index (χ0) is 17.1. The van der Waals surface area contributed by atoms with Gasteiger partial charge in [0.1, 0.15) is 0 Å². The van der Waals surface area contributed by atoms with Crippen LogP contribution in [0.25, 0.3) is 0 Å². The highest BCUT2D eigenvalue weighted by molar-refractivity contribution is 14.0. The van der Waals surface area contributed by atoms with Gasteiger partial charge in [0, 0.05) is 39.9 Å². The smallest absolute Gasteiger partial charge is 0.193 e. The molecule has 0 radical (unpaired) electrons. The first-order chi connectivity index (χ1) is 10.7. The molecule has 1 aliphatic rings. The SMILES string of the molecule is CN=C(NCCCc1cnn(C)c1)N1CCS(=O)(=O)C(C)(C)C1.I. The van der Waals surface area contributed by atoms with Gasteiger partial charge in [-0.3, -0.25) is 9.67 Å². The average Bonchev–Trinajstić information content (AvgIpc) is 2.88. The van der Waals surface area contributed by atoms with Crippen LogP contribution in [0, 0.1) is 0 Å². The number of guanidine groups is 1. The molecule has 0 spiro atoms. The van der Waals surface area contributed by atoms with Crippen LogP contribution < -0.4 is 5.32 Å². The van der Waals surface area contributed by atoms with Crippen LogP contribution in [-0.2, 0) is 23.3 Å². The standard InChI is InChI=1S/C15H27N5O2S.HI/c1-15(2)12-20(8-9-23(15,21)22)14(16-3)17-7-5-6-13-10-18-19(4)11-13;/h10-11H,5-9,12H2,1-4H3,(H,16,17);1H. The van der Waals surface area contributed by atoms with E-state index in [1.807, 2.05) is 24.3 Å². The number of aryl methyl sites for hydroxylation is 2. The second-order valence-corrected chi connectivity index (χ2v) is 9.34. The van der Waals surface area contributed by atoms with Crippen LogP contribution in [0.15, 0.2) is 17.4 Å². The van der Waals surface area contributed by atoms with E-state index < -0.39 is 14.6 Å². The number of hydrogen-bond donors (Lipinski definition) is 1. The third-order valence-corrected chi connectivity index (χ3v) is 6.77. The van der Waals surface area contributed by atoms with Crippen molar-refractivity contribution < 1.29 is 8.42 Å². The Balaban J connectivity index is 0.00000288. The molecule has 1 aromatic heterocycles. The third-order valence-electron chi connectivity index (χ3n) is 4.24. The first-order valence-electron chi connectivity index (χ1n) is 7.90. The van der Waals surface area contributed by atoms with Gasteiger partial charge in [-0.25, -0.2) is 8.42 Å². The number of aromatic nitrogens is 2. The van der Waals surface area contributed by atoms with Gasteiger partial charge in [-0.1, -0.05) is 0 Å². The molecular formula is C15H28IN5O2S. The first-order valence-corrected chi connectivity index (χ1v) is 9.56. The fraction of sp³-hybridized carbons (Fsp3) is 0.733. The van der Waals surface area contributed by atoms with Crippen LogP contribution in [0.4, 0.5) is 0 Å². The van der Waals surface area contributed by atoms with Crippen molar-refractivity contribution >= 4 is 39.8 Å². The van der Waals surface area contributed by atoms with Crippen molar-refractivity contribution in [3.05, 3.63) is 18.0 Å². The molecule has 1 saturated heterocycles. The maximum absolute atomic E-state index is 12.1. The van der Waals surface area contributed by atoms with Crippen LogP contribution in [-0.4, -0.2) is 66.2 Å². The van der Waals surface area contributed by atoms with Crippen molar-refractivity contribution in [2.24, 2.45) is 12.0 Å². The molecule has 0 amide bonds. The minimum absolute atomic E-state index is 0. The van der Waals surface area contributed by atoms with Gasteiger partial charge in [-0.05, 0) is 32.3 Å². The minimum Gasteiger partial charge on any atom is -0.356 e. The van der Waals surface area contributed by atoms with E-state index in [4.69, 9.17) is 0 Å². The summed E-state index contributed by atoms with van der Waals surface area (Å²) in [4.78, 5) is 6.33. The van der Waals surface area contributed by atoms with Gasteiger partial charge < -0.3 is 10.2 Å². The summed E-state index contributed by atoms with van der Waals surface area (Å²) in [6.07, 6.45) is 5.83. The molecule has 1 aromatic rings. The lowest BCUT2D eigenvalue weighted by molar-refractivity contribution is 0.353. The first kappa shape index (κ1) is 21.2. The quantitative estimate of drug-likeness (QED) is 0.309. The monoisotopic (exact) mass is 469 g/mol. The van der Waals surface area contributed by atoms with Crippen molar-refractivity contribution in [1.82, 2.24) is 20.0 Å². The second-order valence-electron chi connectivity index (χ2n) is 6.60. The highest BCUT2D eigenvalue weighted by Gasteiger charge is 2.40. The van der Waals surface area contributed by atoms with E-state index in [-0.39, 0.29) is 29.7 Å². The fourth-order valence-corrected chi connectivity index (χ4v) is 4.12. The largest absolute Gasteiger partial charge is 0.356 e. The summed E-state index contributed by atoms with van der Waals surface area (Å²) < 4.78 is 25.2. The molecule has 9 heteroatoms. The van der Waals surface area contributed by atoms with Gasteiger partial charge >= 0.3 is 0 Å². The number of aliphatic imine (C=N–C) groups is 1. The summed E-state index contributed by atoms with van der Waals surface area (Å²) in [5, 5.41) is 7.49. The van der Waals surface area contributed by atoms with E-state index in [9.17, 15) is 8.42 Å². The van der Waals surface area contributed by atoms with Gasteiger partial charge in [0.25, 0.3) is 0 Å². The van der Waals surface area contributed by atoms with Crippen LogP contribution >= 0.6 is 24.0 Å². The molecule has 1 aliphatic heterocycles. The van der Waals surface area contributed by atoms with E-state index in [0.717, 1.165) is 25.3 Å². The highest BCUT2D eigenvalue weighted by atomic mass is 127. The van der Waals surface area contributed by atoms with Crippen molar-refractivity contribution in [3.8, 4) is 0 Å². The fourth-order valence-electron chi connectivity index (χ4n) is 2.75. The van der Waals surface area contributed by atoms with Crippen molar-refractivity contribution in [2.75, 3.05) is 32.4 Å². The lowest BCUT2D eigenvalue weighted by atomic mass is 10.2. The van der Waals surface area contributed by atoms with E-state index in [0.29, 0.717) is 13.1 Å². The van der Waals surface area contributed by atoms with Crippen molar-refractivity contribution in [1.29, 1.82) is 0 Å². The Morgan fingerprint density at radius 1 is 1.46 bits per heavy atom. The van der Waals surface area contributed by atoms with Crippen LogP contribution in [0.3, 0.4) is 0 Å². The summed E-state index contributed by atoms with van der Waals surface area (Å²) >= 11 is 0. The Morgan fingerprint density at radius 3 is 2.71 bits per heavy atom. The van der Waals surface area contributed by atoms with Crippen molar-refractivity contribution in [3.63, 3.8) is 0 Å². The molecule has 1 fully saturated rings. The average molecular weight is 469 g/mol. The van der Waals surface area contributed by atoms with Gasteiger partial charge in [-0.15, -0.1) is 24.0 Å². The Bertz CT molecular complexity index is 669. The topological polar surface area (TPSA) is 79.6 Å². The summed E-state index contributed by atoms with van der Waals surface area (Å²) in [6, 6.07) is 0. The number of nitrogens with one attached hydrogen (secondary N) is 1. The predicted molar refractivity (Wildman–Crippen MR) is 108 cm³/mol. The zero-order valence-electron chi connectivity index (χ0n) is 14.8. The van der Waals surface area contributed by atoms with Gasteiger partial charge in [0.2, 0.25) is 0 Å².